The van der Waals surface area contributed by atoms with Gasteiger partial charge in [-0.25, -0.2) is 9.18 Å². The van der Waals surface area contributed by atoms with Crippen LogP contribution in [0.5, 0.6) is 5.75 Å². The standard InChI is InChI=1S/C18H16FNO4/c1-23-18(22)13-5-6-16-12(9-13)7-8-20(16)17(21)11-24-15-4-2-3-14(19)10-15/h2-6,9-10H,7-8,11H2,1H3. The summed E-state index contributed by atoms with van der Waals surface area (Å²) in [6.07, 6.45) is 0.659. The first-order valence-electron chi connectivity index (χ1n) is 7.48. The average Bonchev–Trinajstić information content (AvgIpc) is 3.02. The van der Waals surface area contributed by atoms with Gasteiger partial charge in [-0.05, 0) is 42.3 Å². The number of hydrogen-bond donors (Lipinski definition) is 0. The van der Waals surface area contributed by atoms with Crippen molar-refractivity contribution >= 4 is 17.6 Å². The van der Waals surface area contributed by atoms with E-state index < -0.39 is 11.8 Å². The number of halogens is 1. The van der Waals surface area contributed by atoms with Gasteiger partial charge < -0.3 is 14.4 Å². The molecule has 0 bridgehead atoms. The number of methoxy groups -OCH3 is 1. The van der Waals surface area contributed by atoms with Crippen LogP contribution in [0.3, 0.4) is 0 Å². The van der Waals surface area contributed by atoms with Crippen molar-refractivity contribution in [2.75, 3.05) is 25.2 Å². The van der Waals surface area contributed by atoms with E-state index in [4.69, 9.17) is 9.47 Å². The highest BCUT2D eigenvalue weighted by molar-refractivity contribution is 5.98. The summed E-state index contributed by atoms with van der Waals surface area (Å²) in [6, 6.07) is 10.8. The molecule has 6 heteroatoms. The minimum atomic E-state index is -0.415. The van der Waals surface area contributed by atoms with E-state index in [0.717, 1.165) is 11.3 Å². The molecule has 0 saturated heterocycles. The third-order valence-electron chi connectivity index (χ3n) is 3.86. The number of fused-ring (bicyclic) bond motifs is 1. The molecule has 2 aromatic rings. The fourth-order valence-electron chi connectivity index (χ4n) is 2.69. The van der Waals surface area contributed by atoms with Crippen molar-refractivity contribution in [2.45, 2.75) is 6.42 Å². The molecule has 3 rings (SSSR count). The second-order valence-corrected chi connectivity index (χ2v) is 5.38. The number of rotatable bonds is 4. The number of carbonyl (C=O) groups is 2. The van der Waals surface area contributed by atoms with Crippen LogP contribution in [-0.2, 0) is 16.0 Å². The molecule has 0 N–H and O–H groups in total. The maximum absolute atomic E-state index is 13.1. The van der Waals surface area contributed by atoms with E-state index in [1.54, 1.807) is 29.2 Å². The predicted molar refractivity (Wildman–Crippen MR) is 85.7 cm³/mol. The quantitative estimate of drug-likeness (QED) is 0.809. The molecule has 1 aliphatic rings. The van der Waals surface area contributed by atoms with Crippen LogP contribution in [0, 0.1) is 5.82 Å². The summed E-state index contributed by atoms with van der Waals surface area (Å²) in [5.41, 5.74) is 2.13. The van der Waals surface area contributed by atoms with Gasteiger partial charge in [-0.2, -0.15) is 0 Å². The Balaban J connectivity index is 1.69. The fraction of sp³-hybridized carbons (Fsp3) is 0.222. The summed E-state index contributed by atoms with van der Waals surface area (Å²) in [6.45, 7) is 0.340. The first-order valence-corrected chi connectivity index (χ1v) is 7.48. The number of esters is 1. The highest BCUT2D eigenvalue weighted by Gasteiger charge is 2.25. The number of anilines is 1. The molecular weight excluding hydrogens is 313 g/mol. The zero-order valence-electron chi connectivity index (χ0n) is 13.1. The molecule has 0 saturated carbocycles. The Morgan fingerprint density at radius 2 is 2.04 bits per heavy atom. The number of carbonyl (C=O) groups excluding carboxylic acids is 2. The Kier molecular flexibility index (Phi) is 4.46. The molecule has 1 amide bonds. The number of amides is 1. The van der Waals surface area contributed by atoms with Crippen LogP contribution in [0.15, 0.2) is 42.5 Å². The highest BCUT2D eigenvalue weighted by Crippen LogP contribution is 2.29. The van der Waals surface area contributed by atoms with Crippen LogP contribution in [0.1, 0.15) is 15.9 Å². The van der Waals surface area contributed by atoms with Crippen molar-refractivity contribution < 1.29 is 23.5 Å². The molecule has 1 heterocycles. The Labute approximate surface area is 138 Å². The summed E-state index contributed by atoms with van der Waals surface area (Å²) >= 11 is 0. The van der Waals surface area contributed by atoms with Crippen molar-refractivity contribution in [1.29, 1.82) is 0 Å². The molecule has 0 radical (unpaired) electrons. The van der Waals surface area contributed by atoms with E-state index >= 15 is 0 Å². The molecule has 5 nitrogen and oxygen atoms in total. The van der Waals surface area contributed by atoms with Crippen LogP contribution < -0.4 is 9.64 Å². The summed E-state index contributed by atoms with van der Waals surface area (Å²) in [5.74, 6) is -0.730. The van der Waals surface area contributed by atoms with Gasteiger partial charge in [-0.3, -0.25) is 4.79 Å². The zero-order valence-corrected chi connectivity index (χ0v) is 13.1. The van der Waals surface area contributed by atoms with Gasteiger partial charge in [0.25, 0.3) is 5.91 Å². The van der Waals surface area contributed by atoms with Crippen LogP contribution in [0.25, 0.3) is 0 Å². The monoisotopic (exact) mass is 329 g/mol. The van der Waals surface area contributed by atoms with Crippen LogP contribution in [0.2, 0.25) is 0 Å². The van der Waals surface area contributed by atoms with E-state index in [-0.39, 0.29) is 12.5 Å². The van der Waals surface area contributed by atoms with E-state index in [9.17, 15) is 14.0 Å². The smallest absolute Gasteiger partial charge is 0.337 e. The molecule has 0 fully saturated rings. The summed E-state index contributed by atoms with van der Waals surface area (Å²) in [5, 5.41) is 0. The maximum Gasteiger partial charge on any atom is 0.337 e. The first kappa shape index (κ1) is 16.0. The molecule has 24 heavy (non-hydrogen) atoms. The van der Waals surface area contributed by atoms with Crippen LogP contribution in [0.4, 0.5) is 10.1 Å². The van der Waals surface area contributed by atoms with Gasteiger partial charge >= 0.3 is 5.97 Å². The molecular formula is C18H16FNO4. The number of nitrogens with zero attached hydrogens (tertiary/aromatic N) is 1. The van der Waals surface area contributed by atoms with Crippen molar-refractivity contribution in [3.63, 3.8) is 0 Å². The summed E-state index contributed by atoms with van der Waals surface area (Å²) < 4.78 is 23.2. The highest BCUT2D eigenvalue weighted by atomic mass is 19.1. The van der Waals surface area contributed by atoms with E-state index in [0.29, 0.717) is 24.3 Å². The van der Waals surface area contributed by atoms with Crippen molar-refractivity contribution in [2.24, 2.45) is 0 Å². The molecule has 2 aromatic carbocycles. The molecule has 124 valence electrons. The van der Waals surface area contributed by atoms with Gasteiger partial charge in [0, 0.05) is 18.3 Å². The van der Waals surface area contributed by atoms with Gasteiger partial charge in [-0.15, -0.1) is 0 Å². The lowest BCUT2D eigenvalue weighted by Gasteiger charge is -2.17. The minimum Gasteiger partial charge on any atom is -0.484 e. The largest absolute Gasteiger partial charge is 0.484 e. The van der Waals surface area contributed by atoms with Gasteiger partial charge in [-0.1, -0.05) is 6.07 Å². The third-order valence-corrected chi connectivity index (χ3v) is 3.86. The SMILES string of the molecule is COC(=O)c1ccc2c(c1)CCN2C(=O)COc1cccc(F)c1. The molecule has 0 unspecified atom stereocenters. The van der Waals surface area contributed by atoms with Gasteiger partial charge in [0.1, 0.15) is 11.6 Å². The van der Waals surface area contributed by atoms with Gasteiger partial charge in [0.05, 0.1) is 12.7 Å². The predicted octanol–water partition coefficient (Wildman–Crippen LogP) is 2.58. The Morgan fingerprint density at radius 1 is 1.21 bits per heavy atom. The third kappa shape index (κ3) is 3.22. The first-order chi connectivity index (χ1) is 11.6. The van der Waals surface area contributed by atoms with Crippen molar-refractivity contribution in [3.8, 4) is 5.75 Å². The minimum absolute atomic E-state index is 0.179. The zero-order chi connectivity index (χ0) is 17.1. The van der Waals surface area contributed by atoms with Gasteiger partial charge in [0.15, 0.2) is 6.61 Å². The second-order valence-electron chi connectivity index (χ2n) is 5.38. The lowest BCUT2D eigenvalue weighted by molar-refractivity contribution is -0.120. The van der Waals surface area contributed by atoms with Crippen molar-refractivity contribution in [1.82, 2.24) is 0 Å². The van der Waals surface area contributed by atoms with Crippen LogP contribution >= 0.6 is 0 Å². The average molecular weight is 329 g/mol. The molecule has 0 spiro atoms. The number of ether oxygens (including phenoxy) is 2. The van der Waals surface area contributed by atoms with E-state index in [2.05, 4.69) is 0 Å². The Bertz CT molecular complexity index is 790. The Hall–Kier alpha value is -2.89. The lowest BCUT2D eigenvalue weighted by Crippen LogP contribution is -2.33. The molecule has 0 aromatic heterocycles. The number of benzene rings is 2. The van der Waals surface area contributed by atoms with E-state index in [1.165, 1.54) is 25.3 Å². The topological polar surface area (TPSA) is 55.8 Å². The summed E-state index contributed by atoms with van der Waals surface area (Å²) in [4.78, 5) is 25.5. The number of hydrogen-bond acceptors (Lipinski definition) is 4. The van der Waals surface area contributed by atoms with Crippen LogP contribution in [-0.4, -0.2) is 32.1 Å². The molecule has 1 aliphatic heterocycles. The normalized spacial score (nSPS) is 12.7. The second kappa shape index (κ2) is 6.70. The molecule has 0 aliphatic carbocycles. The fourth-order valence-corrected chi connectivity index (χ4v) is 2.69. The van der Waals surface area contributed by atoms with Crippen molar-refractivity contribution in [3.05, 3.63) is 59.4 Å². The van der Waals surface area contributed by atoms with Gasteiger partial charge in [0.2, 0.25) is 0 Å². The maximum atomic E-state index is 13.1. The Morgan fingerprint density at radius 3 is 2.79 bits per heavy atom. The summed E-state index contributed by atoms with van der Waals surface area (Å²) in [7, 11) is 1.33. The lowest BCUT2D eigenvalue weighted by atomic mass is 10.1. The molecule has 0 atom stereocenters. The van der Waals surface area contributed by atoms with E-state index in [1.807, 2.05) is 0 Å².